The lowest BCUT2D eigenvalue weighted by Crippen LogP contribution is -2.04. The van der Waals surface area contributed by atoms with E-state index in [0.717, 1.165) is 12.5 Å². The largest absolute Gasteiger partial charge is 0.478 e. The molecule has 0 aliphatic heterocycles. The third-order valence-electron chi connectivity index (χ3n) is 1.28. The van der Waals surface area contributed by atoms with Gasteiger partial charge < -0.3 is 9.84 Å². The molecule has 0 aliphatic rings. The van der Waals surface area contributed by atoms with Crippen LogP contribution in [0.1, 0.15) is 27.2 Å². The summed E-state index contributed by atoms with van der Waals surface area (Å²) in [6, 6.07) is 0. The summed E-state index contributed by atoms with van der Waals surface area (Å²) in [4.78, 5) is 20.1. The molecule has 0 saturated heterocycles. The van der Waals surface area contributed by atoms with Gasteiger partial charge >= 0.3 is 11.9 Å². The zero-order valence-corrected chi connectivity index (χ0v) is 9.45. The molecule has 0 aromatic heterocycles. The van der Waals surface area contributed by atoms with E-state index in [-0.39, 0.29) is 5.97 Å². The summed E-state index contributed by atoms with van der Waals surface area (Å²) in [5.41, 5.74) is 0.698. The second kappa shape index (κ2) is 10.5. The molecule has 0 unspecified atom stereocenters. The molecule has 4 heteroatoms. The molecular weight excluding hydrogens is 196 g/mol. The van der Waals surface area contributed by atoms with Crippen molar-refractivity contribution in [3.63, 3.8) is 0 Å². The number of ether oxygens (including phenoxy) is 1. The Bertz CT molecular complexity index is 241. The minimum atomic E-state index is -0.981. The van der Waals surface area contributed by atoms with Crippen LogP contribution in [-0.2, 0) is 14.3 Å². The number of allylic oxidation sites excluding steroid dienone is 1. The number of carbonyl (C=O) groups excluding carboxylic acids is 1. The molecule has 15 heavy (non-hydrogen) atoms. The highest BCUT2D eigenvalue weighted by atomic mass is 16.5. The quantitative estimate of drug-likeness (QED) is 0.575. The first-order chi connectivity index (χ1) is 6.99. The average molecular weight is 214 g/mol. The Kier molecular flexibility index (Phi) is 11.1. The summed E-state index contributed by atoms with van der Waals surface area (Å²) < 4.78 is 4.75. The summed E-state index contributed by atoms with van der Waals surface area (Å²) in [5.74, 6) is -1.19. The Morgan fingerprint density at radius 3 is 2.13 bits per heavy atom. The molecule has 1 N–H and O–H groups in total. The standard InChI is InChI=1S/C8H14O2.C3H4O2/c1-4-6-7(3)8(9)10-5-2;1-2-3(4)5/h6H,4-5H2,1-3H3;2H,1H2,(H,4,5). The summed E-state index contributed by atoms with van der Waals surface area (Å²) in [7, 11) is 0. The second-order valence-corrected chi connectivity index (χ2v) is 2.56. The van der Waals surface area contributed by atoms with E-state index >= 15 is 0 Å². The van der Waals surface area contributed by atoms with E-state index in [1.807, 2.05) is 13.0 Å². The predicted molar refractivity (Wildman–Crippen MR) is 58.5 cm³/mol. The number of rotatable bonds is 4. The predicted octanol–water partition coefficient (Wildman–Crippen LogP) is 2.16. The van der Waals surface area contributed by atoms with E-state index < -0.39 is 5.97 Å². The van der Waals surface area contributed by atoms with Gasteiger partial charge in [0.05, 0.1) is 6.61 Å². The van der Waals surface area contributed by atoms with Crippen LogP contribution in [0.5, 0.6) is 0 Å². The highest BCUT2D eigenvalue weighted by Crippen LogP contribution is 1.97. The summed E-state index contributed by atoms with van der Waals surface area (Å²) in [5, 5.41) is 7.60. The van der Waals surface area contributed by atoms with E-state index in [9.17, 15) is 9.59 Å². The normalized spacial score (nSPS) is 9.67. The average Bonchev–Trinajstić information content (AvgIpc) is 2.19. The minimum absolute atomic E-state index is 0.204. The van der Waals surface area contributed by atoms with Gasteiger partial charge in [-0.05, 0) is 20.3 Å². The van der Waals surface area contributed by atoms with Crippen LogP contribution in [0.15, 0.2) is 24.3 Å². The molecule has 0 aromatic rings. The Balaban J connectivity index is 0. The SMILES string of the molecule is C=CC(=O)O.CCC=C(C)C(=O)OCC. The van der Waals surface area contributed by atoms with E-state index in [2.05, 4.69) is 6.58 Å². The van der Waals surface area contributed by atoms with Crippen LogP contribution in [0.4, 0.5) is 0 Å². The molecule has 0 saturated carbocycles. The van der Waals surface area contributed by atoms with Gasteiger partial charge in [-0.3, -0.25) is 0 Å². The molecule has 0 radical (unpaired) electrons. The number of carboxylic acids is 1. The fourth-order valence-corrected chi connectivity index (χ4v) is 0.634. The third-order valence-corrected chi connectivity index (χ3v) is 1.28. The Labute approximate surface area is 90.2 Å². The molecular formula is C11H18O4. The molecule has 0 aromatic carbocycles. The van der Waals surface area contributed by atoms with Gasteiger partial charge in [-0.1, -0.05) is 19.6 Å². The Hall–Kier alpha value is -1.58. The van der Waals surface area contributed by atoms with Crippen molar-refractivity contribution in [2.75, 3.05) is 6.61 Å². The van der Waals surface area contributed by atoms with Crippen molar-refractivity contribution in [3.8, 4) is 0 Å². The van der Waals surface area contributed by atoms with Gasteiger partial charge in [-0.25, -0.2) is 9.59 Å². The van der Waals surface area contributed by atoms with Crippen LogP contribution < -0.4 is 0 Å². The number of aliphatic carboxylic acids is 1. The van der Waals surface area contributed by atoms with Crippen LogP contribution >= 0.6 is 0 Å². The first-order valence-corrected chi connectivity index (χ1v) is 4.68. The number of esters is 1. The van der Waals surface area contributed by atoms with Crippen molar-refractivity contribution in [1.82, 2.24) is 0 Å². The molecule has 0 heterocycles. The summed E-state index contributed by atoms with van der Waals surface area (Å²) in [6.07, 6.45) is 3.57. The second-order valence-electron chi connectivity index (χ2n) is 2.56. The van der Waals surface area contributed by atoms with Gasteiger partial charge in [-0.2, -0.15) is 0 Å². The van der Waals surface area contributed by atoms with Crippen molar-refractivity contribution in [2.24, 2.45) is 0 Å². The molecule has 0 aliphatic carbocycles. The van der Waals surface area contributed by atoms with Gasteiger partial charge in [0.15, 0.2) is 0 Å². The summed E-state index contributed by atoms with van der Waals surface area (Å²) in [6.45, 7) is 8.97. The van der Waals surface area contributed by atoms with Crippen molar-refractivity contribution in [1.29, 1.82) is 0 Å². The zero-order valence-electron chi connectivity index (χ0n) is 9.45. The van der Waals surface area contributed by atoms with Crippen LogP contribution in [-0.4, -0.2) is 23.7 Å². The number of hydrogen-bond acceptors (Lipinski definition) is 3. The molecule has 86 valence electrons. The lowest BCUT2D eigenvalue weighted by Gasteiger charge is -1.99. The molecule has 0 bridgehead atoms. The lowest BCUT2D eigenvalue weighted by molar-refractivity contribution is -0.138. The molecule has 0 spiro atoms. The van der Waals surface area contributed by atoms with Crippen molar-refractivity contribution < 1.29 is 19.4 Å². The lowest BCUT2D eigenvalue weighted by atomic mass is 10.2. The van der Waals surface area contributed by atoms with Crippen molar-refractivity contribution in [3.05, 3.63) is 24.3 Å². The van der Waals surface area contributed by atoms with Crippen molar-refractivity contribution in [2.45, 2.75) is 27.2 Å². The summed E-state index contributed by atoms with van der Waals surface area (Å²) >= 11 is 0. The number of hydrogen-bond donors (Lipinski definition) is 1. The van der Waals surface area contributed by atoms with Gasteiger partial charge in [0.25, 0.3) is 0 Å². The minimum Gasteiger partial charge on any atom is -0.478 e. The number of carboxylic acid groups (broad SMARTS) is 1. The van der Waals surface area contributed by atoms with Gasteiger partial charge in [0, 0.05) is 11.6 Å². The van der Waals surface area contributed by atoms with Crippen LogP contribution in [0.3, 0.4) is 0 Å². The van der Waals surface area contributed by atoms with E-state index in [1.165, 1.54) is 0 Å². The highest BCUT2D eigenvalue weighted by Gasteiger charge is 2.01. The Morgan fingerprint density at radius 1 is 1.40 bits per heavy atom. The number of carbonyl (C=O) groups is 2. The Morgan fingerprint density at radius 2 is 1.87 bits per heavy atom. The van der Waals surface area contributed by atoms with Gasteiger partial charge in [0.2, 0.25) is 0 Å². The fourth-order valence-electron chi connectivity index (χ4n) is 0.634. The first kappa shape index (κ1) is 15.9. The maximum Gasteiger partial charge on any atom is 0.333 e. The highest BCUT2D eigenvalue weighted by molar-refractivity contribution is 5.87. The molecule has 0 atom stereocenters. The van der Waals surface area contributed by atoms with Crippen LogP contribution in [0.25, 0.3) is 0 Å². The molecule has 0 amide bonds. The molecule has 4 nitrogen and oxygen atoms in total. The molecule has 0 rings (SSSR count). The van der Waals surface area contributed by atoms with Gasteiger partial charge in [-0.15, -0.1) is 0 Å². The third kappa shape index (κ3) is 12.4. The van der Waals surface area contributed by atoms with E-state index in [0.29, 0.717) is 12.2 Å². The van der Waals surface area contributed by atoms with Gasteiger partial charge in [0.1, 0.15) is 0 Å². The van der Waals surface area contributed by atoms with E-state index in [1.54, 1.807) is 13.8 Å². The maximum absolute atomic E-state index is 10.8. The van der Waals surface area contributed by atoms with Crippen molar-refractivity contribution >= 4 is 11.9 Å². The zero-order chi connectivity index (χ0) is 12.3. The van der Waals surface area contributed by atoms with Crippen LogP contribution in [0.2, 0.25) is 0 Å². The fraction of sp³-hybridized carbons (Fsp3) is 0.455. The van der Waals surface area contributed by atoms with E-state index in [4.69, 9.17) is 9.84 Å². The van der Waals surface area contributed by atoms with Crippen LogP contribution in [0, 0.1) is 0 Å². The smallest absolute Gasteiger partial charge is 0.333 e. The maximum atomic E-state index is 10.8. The topological polar surface area (TPSA) is 63.6 Å². The monoisotopic (exact) mass is 214 g/mol. The molecule has 0 fully saturated rings. The first-order valence-electron chi connectivity index (χ1n) is 4.68.